The summed E-state index contributed by atoms with van der Waals surface area (Å²) in [5.74, 6) is 0.695. The van der Waals surface area contributed by atoms with Crippen molar-refractivity contribution >= 4 is 10.1 Å². The maximum atomic E-state index is 11.1. The molecule has 0 spiro atoms. The largest absolute Gasteiger partial charge is 0.497 e. The third kappa shape index (κ3) is 2.15. The molecule has 1 aliphatic carbocycles. The number of benzene rings is 1. The van der Waals surface area contributed by atoms with E-state index in [1.165, 1.54) is 0 Å². The van der Waals surface area contributed by atoms with Crippen molar-refractivity contribution < 1.29 is 22.8 Å². The Morgan fingerprint density at radius 2 is 2.06 bits per heavy atom. The van der Waals surface area contributed by atoms with E-state index < -0.39 is 15.1 Å². The molecule has 94 valence electrons. The predicted molar refractivity (Wildman–Crippen MR) is 61.5 cm³/mol. The summed E-state index contributed by atoms with van der Waals surface area (Å²) in [5, 5.41) is 9.91. The molecule has 0 radical (unpaired) electrons. The normalized spacial score (nSPS) is 24.2. The first-order valence-electron chi connectivity index (χ1n) is 5.21. The zero-order valence-corrected chi connectivity index (χ0v) is 10.2. The Balaban J connectivity index is 2.38. The molecule has 2 rings (SSSR count). The molecule has 0 saturated heterocycles. The second kappa shape index (κ2) is 3.97. The molecular formula is C11H14O5S. The van der Waals surface area contributed by atoms with E-state index in [0.717, 1.165) is 11.1 Å². The van der Waals surface area contributed by atoms with Gasteiger partial charge in [-0.15, -0.1) is 0 Å². The van der Waals surface area contributed by atoms with Gasteiger partial charge >= 0.3 is 0 Å². The zero-order valence-electron chi connectivity index (χ0n) is 9.38. The molecule has 2 N–H and O–H groups in total. The SMILES string of the molecule is COc1ccc2c(c1)CC[C@](O)(S(=O)(=O)O)C2. The molecule has 0 bridgehead atoms. The highest BCUT2D eigenvalue weighted by molar-refractivity contribution is 7.87. The molecule has 1 aromatic rings. The van der Waals surface area contributed by atoms with Crippen LogP contribution in [-0.2, 0) is 23.0 Å². The molecule has 0 aliphatic heterocycles. The van der Waals surface area contributed by atoms with Crippen LogP contribution >= 0.6 is 0 Å². The van der Waals surface area contributed by atoms with E-state index in [0.29, 0.717) is 12.2 Å². The lowest BCUT2D eigenvalue weighted by atomic mass is 9.89. The molecule has 0 heterocycles. The summed E-state index contributed by atoms with van der Waals surface area (Å²) < 4.78 is 36.3. The van der Waals surface area contributed by atoms with Crippen molar-refractivity contribution in [2.75, 3.05) is 7.11 Å². The Morgan fingerprint density at radius 1 is 1.35 bits per heavy atom. The minimum atomic E-state index is -4.46. The highest BCUT2D eigenvalue weighted by Gasteiger charge is 2.43. The van der Waals surface area contributed by atoms with Crippen LogP contribution in [0.15, 0.2) is 18.2 Å². The van der Waals surface area contributed by atoms with Gasteiger partial charge in [0.1, 0.15) is 5.75 Å². The molecule has 6 heteroatoms. The Hall–Kier alpha value is -1.11. The van der Waals surface area contributed by atoms with Crippen molar-refractivity contribution in [2.45, 2.75) is 24.2 Å². The number of ether oxygens (including phenoxy) is 1. The summed E-state index contributed by atoms with van der Waals surface area (Å²) >= 11 is 0. The van der Waals surface area contributed by atoms with Crippen LogP contribution in [0, 0.1) is 0 Å². The monoisotopic (exact) mass is 258 g/mol. The number of aliphatic hydroxyl groups is 1. The molecule has 5 nitrogen and oxygen atoms in total. The van der Waals surface area contributed by atoms with Crippen molar-refractivity contribution in [3.05, 3.63) is 29.3 Å². The number of hydrogen-bond acceptors (Lipinski definition) is 4. The molecule has 0 unspecified atom stereocenters. The fraction of sp³-hybridized carbons (Fsp3) is 0.455. The highest BCUT2D eigenvalue weighted by atomic mass is 32.2. The molecule has 1 aliphatic rings. The summed E-state index contributed by atoms with van der Waals surface area (Å²) in [5.41, 5.74) is 1.66. The Morgan fingerprint density at radius 3 is 2.65 bits per heavy atom. The van der Waals surface area contributed by atoms with Gasteiger partial charge in [0.15, 0.2) is 4.93 Å². The average Bonchev–Trinajstić information content (AvgIpc) is 2.27. The van der Waals surface area contributed by atoms with Gasteiger partial charge in [0.2, 0.25) is 0 Å². The quantitative estimate of drug-likeness (QED) is 0.765. The van der Waals surface area contributed by atoms with Crippen LogP contribution < -0.4 is 4.74 Å². The third-order valence-electron chi connectivity index (χ3n) is 3.15. The predicted octanol–water partition coefficient (Wildman–Crippen LogP) is 0.760. The highest BCUT2D eigenvalue weighted by Crippen LogP contribution is 2.33. The lowest BCUT2D eigenvalue weighted by molar-refractivity contribution is 0.0981. The molecule has 0 saturated carbocycles. The van der Waals surface area contributed by atoms with E-state index in [9.17, 15) is 13.5 Å². The van der Waals surface area contributed by atoms with Gasteiger partial charge in [0, 0.05) is 6.42 Å². The fourth-order valence-corrected chi connectivity index (χ4v) is 2.77. The lowest BCUT2D eigenvalue weighted by Crippen LogP contribution is -2.43. The smallest absolute Gasteiger partial charge is 0.295 e. The number of rotatable bonds is 2. The second-order valence-corrected chi connectivity index (χ2v) is 5.94. The first kappa shape index (κ1) is 12.3. The topological polar surface area (TPSA) is 83.8 Å². The molecule has 0 amide bonds. The summed E-state index contributed by atoms with van der Waals surface area (Å²) in [6.07, 6.45) is 0.292. The van der Waals surface area contributed by atoms with E-state index in [1.807, 2.05) is 6.07 Å². The summed E-state index contributed by atoms with van der Waals surface area (Å²) in [6, 6.07) is 5.23. The Bertz CT molecular complexity index is 537. The second-order valence-electron chi connectivity index (χ2n) is 4.23. The number of methoxy groups -OCH3 is 1. The van der Waals surface area contributed by atoms with Crippen LogP contribution in [-0.4, -0.2) is 30.1 Å². The van der Waals surface area contributed by atoms with Crippen LogP contribution in [0.2, 0.25) is 0 Å². The van der Waals surface area contributed by atoms with E-state index in [1.54, 1.807) is 19.2 Å². The van der Waals surface area contributed by atoms with Gasteiger partial charge in [-0.05, 0) is 36.1 Å². The van der Waals surface area contributed by atoms with Gasteiger partial charge < -0.3 is 9.84 Å². The Kier molecular flexibility index (Phi) is 2.89. The van der Waals surface area contributed by atoms with Crippen molar-refractivity contribution in [1.82, 2.24) is 0 Å². The molecule has 1 atom stereocenters. The van der Waals surface area contributed by atoms with Crippen LogP contribution in [0.25, 0.3) is 0 Å². The number of aryl methyl sites for hydroxylation is 1. The van der Waals surface area contributed by atoms with Gasteiger partial charge in [-0.25, -0.2) is 0 Å². The standard InChI is InChI=1S/C11H14O5S/c1-16-10-3-2-9-7-11(12,17(13,14)15)5-4-8(9)6-10/h2-3,6,12H,4-5,7H2,1H3,(H,13,14,15)/t11-/m0/s1. The molecule has 1 aromatic carbocycles. The first-order chi connectivity index (χ1) is 7.86. The maximum Gasteiger partial charge on any atom is 0.295 e. The van der Waals surface area contributed by atoms with Crippen molar-refractivity contribution in [3.8, 4) is 5.75 Å². The van der Waals surface area contributed by atoms with Crippen LogP contribution in [0.5, 0.6) is 5.75 Å². The average molecular weight is 258 g/mol. The summed E-state index contributed by atoms with van der Waals surface area (Å²) in [7, 11) is -2.90. The molecule has 0 fully saturated rings. The lowest BCUT2D eigenvalue weighted by Gasteiger charge is -2.30. The minimum Gasteiger partial charge on any atom is -0.497 e. The first-order valence-corrected chi connectivity index (χ1v) is 6.65. The van der Waals surface area contributed by atoms with Gasteiger partial charge in [-0.3, -0.25) is 4.55 Å². The van der Waals surface area contributed by atoms with E-state index in [-0.39, 0.29) is 12.8 Å². The number of hydrogen-bond donors (Lipinski definition) is 2. The number of fused-ring (bicyclic) bond motifs is 1. The van der Waals surface area contributed by atoms with Crippen molar-refractivity contribution in [1.29, 1.82) is 0 Å². The van der Waals surface area contributed by atoms with E-state index in [2.05, 4.69) is 0 Å². The fourth-order valence-electron chi connectivity index (χ4n) is 2.07. The molecular weight excluding hydrogens is 244 g/mol. The van der Waals surface area contributed by atoms with Gasteiger partial charge in [-0.1, -0.05) is 6.07 Å². The van der Waals surface area contributed by atoms with Crippen LogP contribution in [0.3, 0.4) is 0 Å². The molecule has 0 aromatic heterocycles. The minimum absolute atomic E-state index is 0.00794. The zero-order chi connectivity index (χ0) is 12.7. The van der Waals surface area contributed by atoms with E-state index in [4.69, 9.17) is 9.29 Å². The maximum absolute atomic E-state index is 11.1. The van der Waals surface area contributed by atoms with E-state index >= 15 is 0 Å². The van der Waals surface area contributed by atoms with Crippen molar-refractivity contribution in [3.63, 3.8) is 0 Å². The summed E-state index contributed by atoms with van der Waals surface area (Å²) in [4.78, 5) is -2.06. The van der Waals surface area contributed by atoms with Crippen molar-refractivity contribution in [2.24, 2.45) is 0 Å². The summed E-state index contributed by atoms with van der Waals surface area (Å²) in [6.45, 7) is 0. The Labute approximate surface area is 99.8 Å². The van der Waals surface area contributed by atoms with Gasteiger partial charge in [0.05, 0.1) is 7.11 Å². The third-order valence-corrected chi connectivity index (χ3v) is 4.45. The van der Waals surface area contributed by atoms with Gasteiger partial charge in [-0.2, -0.15) is 8.42 Å². The van der Waals surface area contributed by atoms with Gasteiger partial charge in [0.25, 0.3) is 10.1 Å². The molecule has 17 heavy (non-hydrogen) atoms. The van der Waals surface area contributed by atoms with Crippen LogP contribution in [0.1, 0.15) is 17.5 Å². The van der Waals surface area contributed by atoms with Crippen LogP contribution in [0.4, 0.5) is 0 Å².